The van der Waals surface area contributed by atoms with Crippen molar-refractivity contribution >= 4 is 0 Å². The first-order valence-electron chi connectivity index (χ1n) is 6.17. The van der Waals surface area contributed by atoms with Crippen LogP contribution in [-0.4, -0.2) is 13.2 Å². The fourth-order valence-corrected chi connectivity index (χ4v) is 1.51. The minimum absolute atomic E-state index is 0.454. The highest BCUT2D eigenvalue weighted by atomic mass is 16.5. The Morgan fingerprint density at radius 1 is 0.933 bits per heavy atom. The van der Waals surface area contributed by atoms with Crippen LogP contribution in [0.15, 0.2) is 0 Å². The molecule has 0 bridgehead atoms. The maximum Gasteiger partial charge on any atom is 0.0543 e. The summed E-state index contributed by atoms with van der Waals surface area (Å²) in [7, 11) is 1.80. The molecule has 1 unspecified atom stereocenters. The molecule has 0 rings (SSSR count). The zero-order valence-corrected chi connectivity index (χ0v) is 10.8. The normalized spacial score (nSPS) is 11.5. The zero-order chi connectivity index (χ0) is 11.9. The summed E-state index contributed by atoms with van der Waals surface area (Å²) in [5.74, 6) is 0. The standard InChI is InChI=1S/C12H26O.C2H2/c1-4-5-6-7-8-9-10-11-12(2)13-3;1-2/h12H,4-11H2,1-3H3;1-2H. The number of terminal acetylenes is 1. The van der Waals surface area contributed by atoms with E-state index < -0.39 is 0 Å². The third kappa shape index (κ3) is 16.2. The summed E-state index contributed by atoms with van der Waals surface area (Å²) >= 11 is 0. The quantitative estimate of drug-likeness (QED) is 0.406. The number of unbranched alkanes of at least 4 members (excludes halogenated alkanes) is 6. The van der Waals surface area contributed by atoms with E-state index in [1.807, 2.05) is 0 Å². The predicted octanol–water partition coefficient (Wildman–Crippen LogP) is 4.41. The lowest BCUT2D eigenvalue weighted by atomic mass is 10.1. The number of methoxy groups -OCH3 is 1. The highest BCUT2D eigenvalue weighted by molar-refractivity contribution is 4.51. The van der Waals surface area contributed by atoms with Crippen molar-refractivity contribution in [3.63, 3.8) is 0 Å². The van der Waals surface area contributed by atoms with Crippen molar-refractivity contribution < 1.29 is 4.74 Å². The lowest BCUT2D eigenvalue weighted by Crippen LogP contribution is -2.03. The second-order valence-corrected chi connectivity index (χ2v) is 3.96. The molecule has 0 N–H and O–H groups in total. The Bertz CT molecular complexity index is 118. The smallest absolute Gasteiger partial charge is 0.0543 e. The van der Waals surface area contributed by atoms with Gasteiger partial charge in [-0.15, -0.1) is 12.8 Å². The van der Waals surface area contributed by atoms with E-state index in [0.29, 0.717) is 6.10 Å². The van der Waals surface area contributed by atoms with Gasteiger partial charge in [-0.2, -0.15) is 0 Å². The Hall–Kier alpha value is -0.480. The molecule has 0 spiro atoms. The molecule has 0 aliphatic rings. The van der Waals surface area contributed by atoms with E-state index in [-0.39, 0.29) is 0 Å². The molecular formula is C14H28O. The maximum absolute atomic E-state index is 5.20. The van der Waals surface area contributed by atoms with Gasteiger partial charge in [0.1, 0.15) is 0 Å². The maximum atomic E-state index is 5.20. The molecule has 0 fully saturated rings. The summed E-state index contributed by atoms with van der Waals surface area (Å²) in [6.07, 6.45) is 19.4. The van der Waals surface area contributed by atoms with E-state index in [9.17, 15) is 0 Å². The summed E-state index contributed by atoms with van der Waals surface area (Å²) in [6.45, 7) is 4.41. The zero-order valence-electron chi connectivity index (χ0n) is 10.8. The van der Waals surface area contributed by atoms with Crippen LogP contribution in [0, 0.1) is 12.8 Å². The lowest BCUT2D eigenvalue weighted by Gasteiger charge is -2.08. The summed E-state index contributed by atoms with van der Waals surface area (Å²) < 4.78 is 5.20. The van der Waals surface area contributed by atoms with Crippen molar-refractivity contribution in [1.29, 1.82) is 0 Å². The van der Waals surface area contributed by atoms with Crippen molar-refractivity contribution in [2.75, 3.05) is 7.11 Å². The van der Waals surface area contributed by atoms with E-state index in [2.05, 4.69) is 26.7 Å². The average molecular weight is 212 g/mol. The molecule has 0 aliphatic carbocycles. The largest absolute Gasteiger partial charge is 0.382 e. The third-order valence-electron chi connectivity index (χ3n) is 2.62. The fourth-order valence-electron chi connectivity index (χ4n) is 1.51. The van der Waals surface area contributed by atoms with Crippen molar-refractivity contribution in [2.24, 2.45) is 0 Å². The van der Waals surface area contributed by atoms with Crippen LogP contribution in [0.25, 0.3) is 0 Å². The highest BCUT2D eigenvalue weighted by Crippen LogP contribution is 2.10. The van der Waals surface area contributed by atoms with Gasteiger partial charge < -0.3 is 4.74 Å². The number of hydrogen-bond donors (Lipinski definition) is 0. The number of ether oxygens (including phenoxy) is 1. The molecule has 0 saturated heterocycles. The van der Waals surface area contributed by atoms with Crippen LogP contribution < -0.4 is 0 Å². The van der Waals surface area contributed by atoms with Gasteiger partial charge in [0, 0.05) is 7.11 Å². The van der Waals surface area contributed by atoms with E-state index in [1.54, 1.807) is 7.11 Å². The van der Waals surface area contributed by atoms with Gasteiger partial charge in [0.2, 0.25) is 0 Å². The first-order valence-corrected chi connectivity index (χ1v) is 6.17. The minimum atomic E-state index is 0.454. The summed E-state index contributed by atoms with van der Waals surface area (Å²) in [4.78, 5) is 0. The fraction of sp³-hybridized carbons (Fsp3) is 0.857. The Morgan fingerprint density at radius 2 is 1.40 bits per heavy atom. The van der Waals surface area contributed by atoms with E-state index in [1.165, 1.54) is 51.4 Å². The average Bonchev–Trinajstić information content (AvgIpc) is 2.30. The second kappa shape index (κ2) is 16.0. The van der Waals surface area contributed by atoms with Gasteiger partial charge in [-0.25, -0.2) is 0 Å². The molecule has 1 heteroatoms. The summed E-state index contributed by atoms with van der Waals surface area (Å²) in [6, 6.07) is 0. The molecule has 1 nitrogen and oxygen atoms in total. The third-order valence-corrected chi connectivity index (χ3v) is 2.62. The molecule has 0 radical (unpaired) electrons. The molecule has 90 valence electrons. The Labute approximate surface area is 96.6 Å². The van der Waals surface area contributed by atoms with Gasteiger partial charge >= 0.3 is 0 Å². The SMILES string of the molecule is C#C.CCCCCCCCCC(C)OC. The van der Waals surface area contributed by atoms with Gasteiger partial charge in [-0.05, 0) is 13.3 Å². The topological polar surface area (TPSA) is 9.23 Å². The molecular weight excluding hydrogens is 184 g/mol. The van der Waals surface area contributed by atoms with Crippen LogP contribution in [-0.2, 0) is 4.74 Å². The summed E-state index contributed by atoms with van der Waals surface area (Å²) in [5.41, 5.74) is 0. The Balaban J connectivity index is 0. The second-order valence-electron chi connectivity index (χ2n) is 3.96. The minimum Gasteiger partial charge on any atom is -0.382 e. The molecule has 0 amide bonds. The van der Waals surface area contributed by atoms with Crippen molar-refractivity contribution in [2.45, 2.75) is 71.3 Å². The molecule has 0 saturated carbocycles. The first-order chi connectivity index (χ1) is 7.31. The van der Waals surface area contributed by atoms with Crippen LogP contribution in [0.4, 0.5) is 0 Å². The molecule has 0 aliphatic heterocycles. The van der Waals surface area contributed by atoms with Crippen LogP contribution in [0.1, 0.15) is 65.2 Å². The molecule has 0 aromatic carbocycles. The molecule has 0 heterocycles. The van der Waals surface area contributed by atoms with Crippen LogP contribution in [0.5, 0.6) is 0 Å². The van der Waals surface area contributed by atoms with Gasteiger partial charge in [-0.1, -0.05) is 51.9 Å². The Morgan fingerprint density at radius 3 is 1.87 bits per heavy atom. The number of hydrogen-bond acceptors (Lipinski definition) is 1. The van der Waals surface area contributed by atoms with Crippen molar-refractivity contribution in [3.05, 3.63) is 0 Å². The predicted molar refractivity (Wildman–Crippen MR) is 69.0 cm³/mol. The van der Waals surface area contributed by atoms with E-state index >= 15 is 0 Å². The highest BCUT2D eigenvalue weighted by Gasteiger charge is 1.97. The first kappa shape index (κ1) is 16.9. The molecule has 15 heavy (non-hydrogen) atoms. The Kier molecular flexibility index (Phi) is 18.0. The van der Waals surface area contributed by atoms with Crippen molar-refractivity contribution in [3.8, 4) is 12.8 Å². The molecule has 1 atom stereocenters. The van der Waals surface area contributed by atoms with Gasteiger partial charge in [0.25, 0.3) is 0 Å². The molecule has 0 aromatic rings. The number of rotatable bonds is 9. The monoisotopic (exact) mass is 212 g/mol. The van der Waals surface area contributed by atoms with Crippen LogP contribution in [0.3, 0.4) is 0 Å². The van der Waals surface area contributed by atoms with Crippen LogP contribution in [0.2, 0.25) is 0 Å². The van der Waals surface area contributed by atoms with Gasteiger partial charge in [-0.3, -0.25) is 0 Å². The van der Waals surface area contributed by atoms with Gasteiger partial charge in [0.05, 0.1) is 6.10 Å². The summed E-state index contributed by atoms with van der Waals surface area (Å²) in [5, 5.41) is 0. The van der Waals surface area contributed by atoms with Gasteiger partial charge in [0.15, 0.2) is 0 Å². The lowest BCUT2D eigenvalue weighted by molar-refractivity contribution is 0.108. The van der Waals surface area contributed by atoms with E-state index in [0.717, 1.165) is 0 Å². The van der Waals surface area contributed by atoms with Crippen molar-refractivity contribution in [1.82, 2.24) is 0 Å². The van der Waals surface area contributed by atoms with E-state index in [4.69, 9.17) is 4.74 Å². The molecule has 0 aromatic heterocycles. The van der Waals surface area contributed by atoms with Crippen LogP contribution >= 0.6 is 0 Å².